The molecule has 7 nitrogen and oxygen atoms in total. The SMILES string of the molecule is CCC(CC)n1cc(C(=O)N[C@H](C)CC(=O)O)c(=O)c2cc(F)c(NC3CCCCC3)cc21. The number of carbonyl (C=O) groups is 2. The van der Waals surface area contributed by atoms with Crippen LogP contribution in [0.3, 0.4) is 0 Å². The van der Waals surface area contributed by atoms with E-state index in [1.54, 1.807) is 13.0 Å². The molecule has 0 saturated heterocycles. The third-order valence-corrected chi connectivity index (χ3v) is 6.52. The Morgan fingerprint density at radius 2 is 1.85 bits per heavy atom. The number of nitrogens with zero attached hydrogens (tertiary/aromatic N) is 1. The van der Waals surface area contributed by atoms with Crippen molar-refractivity contribution in [1.82, 2.24) is 9.88 Å². The van der Waals surface area contributed by atoms with Crippen molar-refractivity contribution in [1.29, 1.82) is 0 Å². The summed E-state index contributed by atoms with van der Waals surface area (Å²) in [5.74, 6) is -2.21. The minimum absolute atomic E-state index is 0.0177. The molecule has 1 heterocycles. The van der Waals surface area contributed by atoms with E-state index in [9.17, 15) is 14.4 Å². The largest absolute Gasteiger partial charge is 0.481 e. The van der Waals surface area contributed by atoms with Gasteiger partial charge < -0.3 is 20.3 Å². The van der Waals surface area contributed by atoms with Crippen LogP contribution >= 0.6 is 0 Å². The standard InChI is InChI=1S/C25H34FN3O4/c1-4-17(5-2)29-14-19(25(33)27-15(3)11-23(30)31)24(32)18-12-20(26)21(13-22(18)29)28-16-9-7-6-8-10-16/h12-17,28H,4-11H2,1-3H3,(H,27,33)(H,30,31)/t15-/m1/s1. The molecule has 1 fully saturated rings. The molecule has 3 N–H and O–H groups in total. The van der Waals surface area contributed by atoms with Gasteiger partial charge in [0.1, 0.15) is 11.4 Å². The lowest BCUT2D eigenvalue weighted by Gasteiger charge is -2.26. The molecule has 0 bridgehead atoms. The Balaban J connectivity index is 2.08. The molecule has 1 amide bonds. The van der Waals surface area contributed by atoms with E-state index < -0.39 is 29.2 Å². The number of benzene rings is 1. The van der Waals surface area contributed by atoms with Crippen molar-refractivity contribution in [2.24, 2.45) is 0 Å². The van der Waals surface area contributed by atoms with E-state index in [-0.39, 0.29) is 29.5 Å². The number of rotatable bonds is 9. The number of hydrogen-bond acceptors (Lipinski definition) is 4. The molecule has 0 unspecified atom stereocenters. The minimum atomic E-state index is -1.05. The fraction of sp³-hybridized carbons (Fsp3) is 0.560. The Kier molecular flexibility index (Phi) is 8.10. The highest BCUT2D eigenvalue weighted by molar-refractivity contribution is 5.98. The van der Waals surface area contributed by atoms with E-state index in [4.69, 9.17) is 5.11 Å². The van der Waals surface area contributed by atoms with Crippen molar-refractivity contribution >= 4 is 28.5 Å². The highest BCUT2D eigenvalue weighted by Crippen LogP contribution is 2.29. The molecule has 3 rings (SSSR count). The first-order valence-corrected chi connectivity index (χ1v) is 11.9. The van der Waals surface area contributed by atoms with E-state index in [1.165, 1.54) is 18.7 Å². The van der Waals surface area contributed by atoms with Gasteiger partial charge in [-0.1, -0.05) is 33.1 Å². The van der Waals surface area contributed by atoms with E-state index in [0.717, 1.165) is 38.5 Å². The summed E-state index contributed by atoms with van der Waals surface area (Å²) < 4.78 is 16.9. The minimum Gasteiger partial charge on any atom is -0.481 e. The number of halogens is 1. The number of fused-ring (bicyclic) bond motifs is 1. The summed E-state index contributed by atoms with van der Waals surface area (Å²) in [5, 5.41) is 15.0. The fourth-order valence-corrected chi connectivity index (χ4v) is 4.71. The summed E-state index contributed by atoms with van der Waals surface area (Å²) in [6.45, 7) is 5.62. The maximum absolute atomic E-state index is 15.1. The molecule has 0 radical (unpaired) electrons. The normalized spacial score (nSPS) is 15.5. The molecule has 1 saturated carbocycles. The number of pyridine rings is 1. The molecule has 1 aliphatic carbocycles. The zero-order valence-corrected chi connectivity index (χ0v) is 19.6. The van der Waals surface area contributed by atoms with Gasteiger partial charge in [0.2, 0.25) is 5.43 Å². The van der Waals surface area contributed by atoms with Crippen LogP contribution in [-0.2, 0) is 4.79 Å². The summed E-state index contributed by atoms with van der Waals surface area (Å²) in [6, 6.07) is 2.49. The van der Waals surface area contributed by atoms with Gasteiger partial charge in [-0.25, -0.2) is 4.39 Å². The van der Waals surface area contributed by atoms with E-state index in [0.29, 0.717) is 11.2 Å². The van der Waals surface area contributed by atoms with Gasteiger partial charge in [-0.3, -0.25) is 14.4 Å². The number of nitrogens with one attached hydrogen (secondary N) is 2. The molecule has 0 aliphatic heterocycles. The molecule has 33 heavy (non-hydrogen) atoms. The van der Waals surface area contributed by atoms with Gasteiger partial charge in [-0.15, -0.1) is 0 Å². The van der Waals surface area contributed by atoms with Gasteiger partial charge in [0.25, 0.3) is 5.91 Å². The first kappa shape index (κ1) is 24.7. The monoisotopic (exact) mass is 459 g/mol. The Labute approximate surface area is 193 Å². The number of hydrogen-bond donors (Lipinski definition) is 3. The Morgan fingerprint density at radius 1 is 1.18 bits per heavy atom. The van der Waals surface area contributed by atoms with Gasteiger partial charge in [0.05, 0.1) is 17.6 Å². The molecule has 2 aromatic rings. The summed E-state index contributed by atoms with van der Waals surface area (Å²) >= 11 is 0. The van der Waals surface area contributed by atoms with Crippen molar-refractivity contribution in [3.05, 3.63) is 39.9 Å². The molecular formula is C25H34FN3O4. The smallest absolute Gasteiger partial charge is 0.305 e. The topological polar surface area (TPSA) is 100 Å². The van der Waals surface area contributed by atoms with Crippen LogP contribution in [-0.4, -0.2) is 33.6 Å². The molecule has 1 aromatic carbocycles. The van der Waals surface area contributed by atoms with Crippen LogP contribution in [0.25, 0.3) is 10.9 Å². The van der Waals surface area contributed by atoms with Gasteiger partial charge >= 0.3 is 5.97 Å². The van der Waals surface area contributed by atoms with Crippen molar-refractivity contribution in [2.45, 2.75) is 90.3 Å². The van der Waals surface area contributed by atoms with Gasteiger partial charge in [-0.05, 0) is 44.7 Å². The molecule has 1 atom stereocenters. The number of carboxylic acids is 1. The lowest BCUT2D eigenvalue weighted by atomic mass is 9.95. The van der Waals surface area contributed by atoms with Gasteiger partial charge in [-0.2, -0.15) is 0 Å². The van der Waals surface area contributed by atoms with E-state index in [1.807, 2.05) is 18.4 Å². The zero-order valence-electron chi connectivity index (χ0n) is 19.6. The summed E-state index contributed by atoms with van der Waals surface area (Å²) in [6.07, 6.45) is 8.23. The second kappa shape index (κ2) is 10.8. The lowest BCUT2D eigenvalue weighted by Crippen LogP contribution is -2.37. The second-order valence-corrected chi connectivity index (χ2v) is 9.05. The van der Waals surface area contributed by atoms with Crippen LogP contribution in [0.2, 0.25) is 0 Å². The van der Waals surface area contributed by atoms with Crippen LogP contribution in [0.1, 0.15) is 88.5 Å². The third kappa shape index (κ3) is 5.72. The molecule has 1 aliphatic rings. The number of amides is 1. The van der Waals surface area contributed by atoms with E-state index in [2.05, 4.69) is 10.6 Å². The number of anilines is 1. The number of aliphatic carboxylic acids is 1. The summed E-state index contributed by atoms with van der Waals surface area (Å²) in [4.78, 5) is 37.0. The van der Waals surface area contributed by atoms with E-state index >= 15 is 4.39 Å². The Hall–Kier alpha value is -2.90. The van der Waals surface area contributed by atoms with Crippen LogP contribution in [0, 0.1) is 5.82 Å². The quantitative estimate of drug-likeness (QED) is 0.498. The predicted molar refractivity (Wildman–Crippen MR) is 127 cm³/mol. The maximum atomic E-state index is 15.1. The highest BCUT2D eigenvalue weighted by atomic mass is 19.1. The van der Waals surface area contributed by atoms with Crippen LogP contribution in [0.4, 0.5) is 10.1 Å². The Morgan fingerprint density at radius 3 is 2.45 bits per heavy atom. The zero-order chi connectivity index (χ0) is 24.1. The lowest BCUT2D eigenvalue weighted by molar-refractivity contribution is -0.137. The fourth-order valence-electron chi connectivity index (χ4n) is 4.71. The van der Waals surface area contributed by atoms with Gasteiger partial charge in [0, 0.05) is 29.7 Å². The average molecular weight is 460 g/mol. The molecule has 180 valence electrons. The molecule has 8 heteroatoms. The van der Waals surface area contributed by atoms with Crippen LogP contribution in [0.15, 0.2) is 23.1 Å². The van der Waals surface area contributed by atoms with Crippen LogP contribution < -0.4 is 16.1 Å². The van der Waals surface area contributed by atoms with Crippen molar-refractivity contribution in [2.75, 3.05) is 5.32 Å². The van der Waals surface area contributed by atoms with Gasteiger partial charge in [0.15, 0.2) is 0 Å². The number of carbonyl (C=O) groups excluding carboxylic acids is 1. The molecular weight excluding hydrogens is 425 g/mol. The third-order valence-electron chi connectivity index (χ3n) is 6.52. The van der Waals surface area contributed by atoms with Crippen LogP contribution in [0.5, 0.6) is 0 Å². The number of aromatic nitrogens is 1. The molecule has 1 aromatic heterocycles. The van der Waals surface area contributed by atoms with Crippen molar-refractivity contribution in [3.63, 3.8) is 0 Å². The predicted octanol–water partition coefficient (Wildman–Crippen LogP) is 4.84. The highest BCUT2D eigenvalue weighted by Gasteiger charge is 2.22. The summed E-state index contributed by atoms with van der Waals surface area (Å²) in [5.41, 5.74) is 0.290. The first-order chi connectivity index (χ1) is 15.7. The maximum Gasteiger partial charge on any atom is 0.305 e. The second-order valence-electron chi connectivity index (χ2n) is 9.05. The molecule has 0 spiro atoms. The Bertz CT molecular complexity index is 1070. The summed E-state index contributed by atoms with van der Waals surface area (Å²) in [7, 11) is 0. The average Bonchev–Trinajstić information content (AvgIpc) is 2.77. The van der Waals surface area contributed by atoms with Crippen molar-refractivity contribution < 1.29 is 19.1 Å². The first-order valence-electron chi connectivity index (χ1n) is 11.9. The van der Waals surface area contributed by atoms with Crippen molar-refractivity contribution in [3.8, 4) is 0 Å². The number of carboxylic acid groups (broad SMARTS) is 1.